The molecule has 1 aliphatic heterocycles. The number of aliphatic hydroxyl groups excluding tert-OH is 1. The Morgan fingerprint density at radius 2 is 2.47 bits per heavy atom. The van der Waals surface area contributed by atoms with E-state index in [1.54, 1.807) is 6.92 Å². The van der Waals surface area contributed by atoms with Gasteiger partial charge in [-0.25, -0.2) is 0 Å². The number of aliphatic hydroxyl groups is 1. The van der Waals surface area contributed by atoms with E-state index >= 15 is 0 Å². The average molecular weight is 217 g/mol. The highest BCUT2D eigenvalue weighted by Crippen LogP contribution is 2.09. The van der Waals surface area contributed by atoms with Gasteiger partial charge in [0.1, 0.15) is 6.04 Å². The van der Waals surface area contributed by atoms with Gasteiger partial charge in [0.25, 0.3) is 0 Å². The van der Waals surface area contributed by atoms with Gasteiger partial charge in [-0.3, -0.25) is 9.69 Å². The van der Waals surface area contributed by atoms with E-state index in [1.807, 2.05) is 11.8 Å². The van der Waals surface area contributed by atoms with E-state index in [2.05, 4.69) is 0 Å². The van der Waals surface area contributed by atoms with Crippen LogP contribution in [0.25, 0.3) is 0 Å². The summed E-state index contributed by atoms with van der Waals surface area (Å²) in [6.07, 6.45) is -0.185. The molecular weight excluding hydrogens is 198 g/mol. The fourth-order valence-electron chi connectivity index (χ4n) is 1.62. The molecule has 1 heterocycles. The van der Waals surface area contributed by atoms with Gasteiger partial charge in [-0.05, 0) is 13.8 Å². The van der Waals surface area contributed by atoms with Crippen LogP contribution < -0.4 is 0 Å². The monoisotopic (exact) mass is 217 g/mol. The first kappa shape index (κ1) is 12.4. The SMILES string of the molecule is CCOC(=O)C(C)N1CCOC(CO)C1. The lowest BCUT2D eigenvalue weighted by Crippen LogP contribution is -2.50. The molecule has 15 heavy (non-hydrogen) atoms. The molecule has 0 amide bonds. The second-order valence-electron chi connectivity index (χ2n) is 3.60. The lowest BCUT2D eigenvalue weighted by Gasteiger charge is -2.34. The van der Waals surface area contributed by atoms with Crippen LogP contribution in [0.15, 0.2) is 0 Å². The van der Waals surface area contributed by atoms with Crippen LogP contribution in [0.3, 0.4) is 0 Å². The van der Waals surface area contributed by atoms with Crippen molar-refractivity contribution in [2.24, 2.45) is 0 Å². The van der Waals surface area contributed by atoms with Gasteiger partial charge in [0.2, 0.25) is 0 Å². The Bertz CT molecular complexity index is 210. The van der Waals surface area contributed by atoms with Crippen molar-refractivity contribution < 1.29 is 19.4 Å². The third kappa shape index (κ3) is 3.44. The topological polar surface area (TPSA) is 59.0 Å². The normalized spacial score (nSPS) is 24.9. The highest BCUT2D eigenvalue weighted by Gasteiger charge is 2.28. The van der Waals surface area contributed by atoms with Crippen molar-refractivity contribution in [1.82, 2.24) is 4.90 Å². The van der Waals surface area contributed by atoms with E-state index in [1.165, 1.54) is 0 Å². The Morgan fingerprint density at radius 3 is 3.07 bits per heavy atom. The molecule has 0 aliphatic carbocycles. The van der Waals surface area contributed by atoms with Gasteiger partial charge in [0, 0.05) is 13.1 Å². The molecule has 2 unspecified atom stereocenters. The molecule has 1 rings (SSSR count). The molecular formula is C10H19NO4. The van der Waals surface area contributed by atoms with Gasteiger partial charge >= 0.3 is 5.97 Å². The lowest BCUT2D eigenvalue weighted by atomic mass is 10.2. The number of rotatable bonds is 4. The van der Waals surface area contributed by atoms with Crippen molar-refractivity contribution >= 4 is 5.97 Å². The van der Waals surface area contributed by atoms with Gasteiger partial charge in [0.15, 0.2) is 0 Å². The van der Waals surface area contributed by atoms with E-state index in [9.17, 15) is 4.79 Å². The minimum Gasteiger partial charge on any atom is -0.465 e. The summed E-state index contributed by atoms with van der Waals surface area (Å²) in [7, 11) is 0. The summed E-state index contributed by atoms with van der Waals surface area (Å²) in [4.78, 5) is 13.4. The molecule has 0 radical (unpaired) electrons. The molecule has 5 heteroatoms. The van der Waals surface area contributed by atoms with Crippen molar-refractivity contribution in [3.05, 3.63) is 0 Å². The van der Waals surface area contributed by atoms with Crippen LogP contribution in [-0.4, -0.2) is 61.0 Å². The molecule has 1 N–H and O–H groups in total. The molecule has 0 spiro atoms. The third-order valence-corrected chi connectivity index (χ3v) is 2.55. The molecule has 1 saturated heterocycles. The summed E-state index contributed by atoms with van der Waals surface area (Å²) in [5, 5.41) is 8.96. The number of hydrogen-bond acceptors (Lipinski definition) is 5. The van der Waals surface area contributed by atoms with Crippen LogP contribution in [-0.2, 0) is 14.3 Å². The minimum atomic E-state index is -0.261. The van der Waals surface area contributed by atoms with E-state index in [-0.39, 0.29) is 24.7 Å². The molecule has 0 aromatic carbocycles. The van der Waals surface area contributed by atoms with Crippen LogP contribution in [0.5, 0.6) is 0 Å². The molecule has 88 valence electrons. The number of ether oxygens (including phenoxy) is 2. The summed E-state index contributed by atoms with van der Waals surface area (Å²) in [5.41, 5.74) is 0. The standard InChI is InChI=1S/C10H19NO4/c1-3-14-10(13)8(2)11-4-5-15-9(6-11)7-12/h8-9,12H,3-7H2,1-2H3. The zero-order valence-corrected chi connectivity index (χ0v) is 9.31. The Kier molecular flexibility index (Phi) is 5.01. The number of hydrogen-bond donors (Lipinski definition) is 1. The Balaban J connectivity index is 2.44. The number of nitrogens with zero attached hydrogens (tertiary/aromatic N) is 1. The molecule has 2 atom stereocenters. The largest absolute Gasteiger partial charge is 0.465 e. The minimum absolute atomic E-state index is 0.00789. The van der Waals surface area contributed by atoms with E-state index in [0.29, 0.717) is 26.3 Å². The average Bonchev–Trinajstić information content (AvgIpc) is 2.28. The quantitative estimate of drug-likeness (QED) is 0.651. The smallest absolute Gasteiger partial charge is 0.323 e. The fraction of sp³-hybridized carbons (Fsp3) is 0.900. The van der Waals surface area contributed by atoms with Crippen molar-refractivity contribution in [2.75, 3.05) is 32.9 Å². The molecule has 5 nitrogen and oxygen atoms in total. The zero-order chi connectivity index (χ0) is 11.3. The van der Waals surface area contributed by atoms with Gasteiger partial charge in [-0.15, -0.1) is 0 Å². The first-order valence-corrected chi connectivity index (χ1v) is 5.32. The Labute approximate surface area is 90.0 Å². The van der Waals surface area contributed by atoms with Crippen molar-refractivity contribution in [3.63, 3.8) is 0 Å². The van der Waals surface area contributed by atoms with Gasteiger partial charge in [-0.2, -0.15) is 0 Å². The highest BCUT2D eigenvalue weighted by atomic mass is 16.5. The number of esters is 1. The predicted molar refractivity (Wildman–Crippen MR) is 54.5 cm³/mol. The fourth-order valence-corrected chi connectivity index (χ4v) is 1.62. The van der Waals surface area contributed by atoms with Gasteiger partial charge in [-0.1, -0.05) is 0 Å². The number of carbonyl (C=O) groups is 1. The molecule has 1 fully saturated rings. The van der Waals surface area contributed by atoms with Crippen LogP contribution in [0.4, 0.5) is 0 Å². The highest BCUT2D eigenvalue weighted by molar-refractivity contribution is 5.75. The van der Waals surface area contributed by atoms with Gasteiger partial charge < -0.3 is 14.6 Å². The third-order valence-electron chi connectivity index (χ3n) is 2.55. The van der Waals surface area contributed by atoms with Crippen molar-refractivity contribution in [2.45, 2.75) is 26.0 Å². The summed E-state index contributed by atoms with van der Waals surface area (Å²) in [6.45, 7) is 5.84. The van der Waals surface area contributed by atoms with E-state index in [4.69, 9.17) is 14.6 Å². The van der Waals surface area contributed by atoms with Crippen LogP contribution in [0.2, 0.25) is 0 Å². The number of morpholine rings is 1. The lowest BCUT2D eigenvalue weighted by molar-refractivity contribution is -0.152. The van der Waals surface area contributed by atoms with Gasteiger partial charge in [0.05, 0.1) is 25.9 Å². The number of carbonyl (C=O) groups excluding carboxylic acids is 1. The van der Waals surface area contributed by atoms with Crippen molar-refractivity contribution in [3.8, 4) is 0 Å². The summed E-state index contributed by atoms with van der Waals surface area (Å²) in [6, 6.07) is -0.261. The molecule has 1 aliphatic rings. The van der Waals surface area contributed by atoms with E-state index in [0.717, 1.165) is 0 Å². The maximum Gasteiger partial charge on any atom is 0.323 e. The summed E-state index contributed by atoms with van der Waals surface area (Å²) >= 11 is 0. The van der Waals surface area contributed by atoms with Crippen LogP contribution in [0, 0.1) is 0 Å². The molecule has 0 aromatic heterocycles. The second kappa shape index (κ2) is 6.05. The van der Waals surface area contributed by atoms with E-state index < -0.39 is 0 Å². The zero-order valence-electron chi connectivity index (χ0n) is 9.31. The first-order chi connectivity index (χ1) is 7.19. The van der Waals surface area contributed by atoms with Crippen molar-refractivity contribution in [1.29, 1.82) is 0 Å². The summed E-state index contributed by atoms with van der Waals surface area (Å²) < 4.78 is 10.2. The molecule has 0 bridgehead atoms. The van der Waals surface area contributed by atoms with Crippen LogP contribution >= 0.6 is 0 Å². The maximum absolute atomic E-state index is 11.5. The predicted octanol–water partition coefficient (Wildman–Crippen LogP) is -0.369. The summed E-state index contributed by atoms with van der Waals surface area (Å²) in [5.74, 6) is -0.212. The second-order valence-corrected chi connectivity index (χ2v) is 3.60. The Hall–Kier alpha value is -0.650. The Morgan fingerprint density at radius 1 is 1.73 bits per heavy atom. The maximum atomic E-state index is 11.5. The first-order valence-electron chi connectivity index (χ1n) is 5.32. The molecule has 0 saturated carbocycles. The molecule has 0 aromatic rings. The van der Waals surface area contributed by atoms with Crippen LogP contribution in [0.1, 0.15) is 13.8 Å².